The molecule has 2 aromatic heterocycles. The molecule has 0 saturated heterocycles. The van der Waals surface area contributed by atoms with Crippen LogP contribution in [0.2, 0.25) is 0 Å². The minimum atomic E-state index is 0.0421. The molecule has 0 spiro atoms. The Morgan fingerprint density at radius 1 is 1.26 bits per heavy atom. The van der Waals surface area contributed by atoms with Crippen LogP contribution in [0, 0.1) is 0 Å². The van der Waals surface area contributed by atoms with E-state index in [0.29, 0.717) is 25.0 Å². The maximum Gasteiger partial charge on any atom is 0.226 e. The number of hydrogen-bond donors (Lipinski definition) is 1. The van der Waals surface area contributed by atoms with Crippen LogP contribution < -0.4 is 5.32 Å². The fourth-order valence-corrected chi connectivity index (χ4v) is 4.20. The molecule has 0 aliphatic heterocycles. The molecule has 1 amide bonds. The van der Waals surface area contributed by atoms with Crippen LogP contribution in [0.25, 0.3) is 9.88 Å². The number of aromatic nitrogens is 1. The predicted octanol–water partition coefficient (Wildman–Crippen LogP) is 3.65. The summed E-state index contributed by atoms with van der Waals surface area (Å²) in [7, 11) is 0. The number of nitrogens with one attached hydrogen (secondary N) is 1. The lowest BCUT2D eigenvalue weighted by molar-refractivity contribution is -0.120. The molecule has 4 nitrogen and oxygen atoms in total. The van der Waals surface area contributed by atoms with Gasteiger partial charge in [-0.25, -0.2) is 4.98 Å². The first-order valence-corrected chi connectivity index (χ1v) is 9.74. The zero-order chi connectivity index (χ0) is 16.8. The van der Waals surface area contributed by atoms with Gasteiger partial charge in [-0.2, -0.15) is 0 Å². The standard InChI is InChI=1S/C17H25N3OS2/c1-12(2)20(13(3)4)8-7-18-16(21)10-14-11-23-17(19-14)15-6-5-9-22-15/h5-6,9,11-13H,7-8,10H2,1-4H3,(H,18,21). The van der Waals surface area contributed by atoms with E-state index < -0.39 is 0 Å². The van der Waals surface area contributed by atoms with E-state index in [1.807, 2.05) is 16.8 Å². The van der Waals surface area contributed by atoms with E-state index in [2.05, 4.69) is 49.0 Å². The van der Waals surface area contributed by atoms with Crippen molar-refractivity contribution in [1.29, 1.82) is 0 Å². The highest BCUT2D eigenvalue weighted by Gasteiger charge is 2.14. The van der Waals surface area contributed by atoms with E-state index in [9.17, 15) is 4.79 Å². The van der Waals surface area contributed by atoms with Gasteiger partial charge in [0.15, 0.2) is 0 Å². The van der Waals surface area contributed by atoms with Crippen LogP contribution in [0.4, 0.5) is 0 Å². The van der Waals surface area contributed by atoms with Gasteiger partial charge < -0.3 is 5.32 Å². The Morgan fingerprint density at radius 2 is 2.00 bits per heavy atom. The summed E-state index contributed by atoms with van der Waals surface area (Å²) < 4.78 is 0. The SMILES string of the molecule is CC(C)N(CCNC(=O)Cc1csc(-c2cccs2)n1)C(C)C. The normalized spacial score (nSPS) is 11.6. The van der Waals surface area contributed by atoms with E-state index in [0.717, 1.165) is 22.1 Å². The Labute approximate surface area is 146 Å². The number of thiazole rings is 1. The monoisotopic (exact) mass is 351 g/mol. The topological polar surface area (TPSA) is 45.2 Å². The van der Waals surface area contributed by atoms with Gasteiger partial charge in [0.05, 0.1) is 17.0 Å². The Bertz CT molecular complexity index is 597. The van der Waals surface area contributed by atoms with Crippen LogP contribution in [-0.2, 0) is 11.2 Å². The second kappa shape index (κ2) is 8.57. The van der Waals surface area contributed by atoms with Crippen LogP contribution in [0.15, 0.2) is 22.9 Å². The van der Waals surface area contributed by atoms with Gasteiger partial charge in [-0.15, -0.1) is 22.7 Å². The lowest BCUT2D eigenvalue weighted by Gasteiger charge is -2.30. The molecule has 0 radical (unpaired) electrons. The predicted molar refractivity (Wildman–Crippen MR) is 99.1 cm³/mol. The molecule has 0 aromatic carbocycles. The maximum absolute atomic E-state index is 12.1. The number of amides is 1. The maximum atomic E-state index is 12.1. The molecule has 0 saturated carbocycles. The van der Waals surface area contributed by atoms with Crippen LogP contribution in [0.1, 0.15) is 33.4 Å². The van der Waals surface area contributed by atoms with E-state index in [1.54, 1.807) is 22.7 Å². The summed E-state index contributed by atoms with van der Waals surface area (Å²) >= 11 is 3.27. The minimum Gasteiger partial charge on any atom is -0.354 e. The van der Waals surface area contributed by atoms with Crippen LogP contribution in [0.5, 0.6) is 0 Å². The molecule has 2 heterocycles. The molecule has 2 rings (SSSR count). The zero-order valence-electron chi connectivity index (χ0n) is 14.2. The molecule has 0 atom stereocenters. The Balaban J connectivity index is 1.79. The van der Waals surface area contributed by atoms with Gasteiger partial charge in [-0.1, -0.05) is 6.07 Å². The molecule has 0 bridgehead atoms. The molecular weight excluding hydrogens is 326 g/mol. The highest BCUT2D eigenvalue weighted by atomic mass is 32.1. The third-order valence-corrected chi connectivity index (χ3v) is 5.57. The molecule has 0 fully saturated rings. The van der Waals surface area contributed by atoms with Gasteiger partial charge in [0, 0.05) is 30.6 Å². The molecule has 23 heavy (non-hydrogen) atoms. The average Bonchev–Trinajstić information content (AvgIpc) is 3.13. The molecule has 6 heteroatoms. The van der Waals surface area contributed by atoms with Crippen LogP contribution >= 0.6 is 22.7 Å². The van der Waals surface area contributed by atoms with Gasteiger partial charge in [-0.3, -0.25) is 9.69 Å². The summed E-state index contributed by atoms with van der Waals surface area (Å²) in [5, 5.41) is 8.01. The summed E-state index contributed by atoms with van der Waals surface area (Å²) in [6.45, 7) is 10.3. The molecular formula is C17H25N3OS2. The Kier molecular flexibility index (Phi) is 6.74. The molecule has 0 aliphatic carbocycles. The first kappa shape index (κ1) is 18.1. The summed E-state index contributed by atoms with van der Waals surface area (Å²) in [4.78, 5) is 20.1. The van der Waals surface area contributed by atoms with E-state index in [-0.39, 0.29) is 5.91 Å². The largest absolute Gasteiger partial charge is 0.354 e. The molecule has 1 N–H and O–H groups in total. The van der Waals surface area contributed by atoms with Gasteiger partial charge in [0.2, 0.25) is 5.91 Å². The molecule has 0 unspecified atom stereocenters. The van der Waals surface area contributed by atoms with Gasteiger partial charge in [0.25, 0.3) is 0 Å². The molecule has 126 valence electrons. The van der Waals surface area contributed by atoms with E-state index in [1.165, 1.54) is 0 Å². The second-order valence-electron chi connectivity index (χ2n) is 6.07. The highest BCUT2D eigenvalue weighted by Crippen LogP contribution is 2.27. The van der Waals surface area contributed by atoms with Crippen molar-refractivity contribution < 1.29 is 4.79 Å². The Morgan fingerprint density at radius 3 is 2.61 bits per heavy atom. The summed E-state index contributed by atoms with van der Waals surface area (Å²) in [5.41, 5.74) is 0.848. The number of carbonyl (C=O) groups excluding carboxylic acids is 1. The summed E-state index contributed by atoms with van der Waals surface area (Å²) in [5.74, 6) is 0.0421. The van der Waals surface area contributed by atoms with Crippen LogP contribution in [-0.4, -0.2) is 41.0 Å². The Hall–Kier alpha value is -1.24. The van der Waals surface area contributed by atoms with Crippen LogP contribution in [0.3, 0.4) is 0 Å². The van der Waals surface area contributed by atoms with Crippen molar-refractivity contribution in [2.45, 2.75) is 46.2 Å². The van der Waals surface area contributed by atoms with Crippen molar-refractivity contribution in [3.05, 3.63) is 28.6 Å². The number of rotatable bonds is 8. The van der Waals surface area contributed by atoms with Crippen molar-refractivity contribution in [2.75, 3.05) is 13.1 Å². The number of hydrogen-bond acceptors (Lipinski definition) is 5. The lowest BCUT2D eigenvalue weighted by Crippen LogP contribution is -2.42. The molecule has 0 aliphatic rings. The first-order chi connectivity index (χ1) is 11.0. The molecule has 2 aromatic rings. The fraction of sp³-hybridized carbons (Fsp3) is 0.529. The lowest BCUT2D eigenvalue weighted by atomic mass is 10.2. The summed E-state index contributed by atoms with van der Waals surface area (Å²) in [6.07, 6.45) is 0.352. The van der Waals surface area contributed by atoms with E-state index in [4.69, 9.17) is 0 Å². The quantitative estimate of drug-likeness (QED) is 0.789. The number of carbonyl (C=O) groups is 1. The van der Waals surface area contributed by atoms with E-state index >= 15 is 0 Å². The third-order valence-electron chi connectivity index (χ3n) is 3.64. The smallest absolute Gasteiger partial charge is 0.226 e. The zero-order valence-corrected chi connectivity index (χ0v) is 15.8. The number of nitrogens with zero attached hydrogens (tertiary/aromatic N) is 2. The first-order valence-electron chi connectivity index (χ1n) is 7.98. The fourth-order valence-electron chi connectivity index (χ4n) is 2.57. The third kappa shape index (κ3) is 5.41. The second-order valence-corrected chi connectivity index (χ2v) is 7.88. The van der Waals surface area contributed by atoms with Gasteiger partial charge in [0.1, 0.15) is 5.01 Å². The highest BCUT2D eigenvalue weighted by molar-refractivity contribution is 7.20. The van der Waals surface area contributed by atoms with Gasteiger partial charge in [-0.05, 0) is 39.1 Å². The number of thiophene rings is 1. The summed E-state index contributed by atoms with van der Waals surface area (Å²) in [6, 6.07) is 5.04. The van der Waals surface area contributed by atoms with Crippen molar-refractivity contribution in [1.82, 2.24) is 15.2 Å². The van der Waals surface area contributed by atoms with Crippen molar-refractivity contribution in [3.8, 4) is 9.88 Å². The average molecular weight is 352 g/mol. The van der Waals surface area contributed by atoms with Crippen molar-refractivity contribution >= 4 is 28.6 Å². The van der Waals surface area contributed by atoms with Crippen molar-refractivity contribution in [3.63, 3.8) is 0 Å². The van der Waals surface area contributed by atoms with Gasteiger partial charge >= 0.3 is 0 Å². The minimum absolute atomic E-state index is 0.0421. The van der Waals surface area contributed by atoms with Crippen molar-refractivity contribution in [2.24, 2.45) is 0 Å².